The Labute approximate surface area is 214 Å². The average molecular weight is 526 g/mol. The summed E-state index contributed by atoms with van der Waals surface area (Å²) in [5.41, 5.74) is -0.709. The molecule has 5 atom stereocenters. The smallest absolute Gasteiger partial charge is 0.358 e. The van der Waals surface area contributed by atoms with E-state index in [1.54, 1.807) is 5.32 Å². The maximum Gasteiger partial charge on any atom is 0.416 e. The molecule has 1 saturated carbocycles. The molecule has 2 heterocycles. The molecule has 2 fully saturated rings. The Morgan fingerprint density at radius 1 is 1.30 bits per heavy atom. The fraction of sp³-hybridized carbons (Fsp3) is 0.640. The van der Waals surface area contributed by atoms with Crippen molar-refractivity contribution in [1.82, 2.24) is 20.2 Å². The zero-order chi connectivity index (χ0) is 27.1. The summed E-state index contributed by atoms with van der Waals surface area (Å²) in [7, 11) is 2.08. The number of quaternary nitrogens is 1. The van der Waals surface area contributed by atoms with Crippen molar-refractivity contribution in [3.63, 3.8) is 0 Å². The Morgan fingerprint density at radius 2 is 2.03 bits per heavy atom. The number of hydrogen-bond acceptors (Lipinski definition) is 7. The lowest BCUT2D eigenvalue weighted by Crippen LogP contribution is -2.96. The Kier molecular flexibility index (Phi) is 7.82. The Balaban J connectivity index is 1.51. The minimum Gasteiger partial charge on any atom is -0.358 e. The SMILES string of the molecule is CC(=O)[NH2+]C1CC(N(C)C(C)C)CCC1N1CCC(NC2=C3C=C(C(F)(F)F)C=CC3N(O)C=N2)C1=O. The zero-order valence-corrected chi connectivity index (χ0v) is 21.6. The molecule has 1 saturated heterocycles. The van der Waals surface area contributed by atoms with Crippen LogP contribution in [0.4, 0.5) is 13.2 Å². The number of fused-ring (bicyclic) bond motifs is 1. The van der Waals surface area contributed by atoms with Gasteiger partial charge >= 0.3 is 12.1 Å². The standard InChI is InChI=1S/C25H35F3N6O3/c1-14(2)32(4)17-6-8-22(20(12-17)30-15(3)35)33-10-9-19(24(33)36)31-23-18-11-16(25(26,27)28)5-7-21(18)34(37)13-29-23/h5,7,11,13-14,17,19-22,31,37H,6,8-10,12H2,1-4H3,(H,30,35)/p+1. The number of alkyl halides is 3. The van der Waals surface area contributed by atoms with Crippen LogP contribution in [0.1, 0.15) is 46.5 Å². The lowest BCUT2D eigenvalue weighted by atomic mass is 9.84. The van der Waals surface area contributed by atoms with Crippen molar-refractivity contribution in [2.24, 2.45) is 4.99 Å². The number of aliphatic imine (C=N–C) groups is 1. The molecule has 37 heavy (non-hydrogen) atoms. The highest BCUT2D eigenvalue weighted by molar-refractivity contribution is 5.85. The van der Waals surface area contributed by atoms with Crippen molar-refractivity contribution in [2.75, 3.05) is 13.6 Å². The number of allylic oxidation sites excluding steroid dienone is 2. The van der Waals surface area contributed by atoms with Crippen molar-refractivity contribution >= 4 is 18.2 Å². The highest BCUT2D eigenvalue weighted by Gasteiger charge is 2.45. The molecule has 2 amide bonds. The molecule has 9 nitrogen and oxygen atoms in total. The van der Waals surface area contributed by atoms with Gasteiger partial charge in [0.25, 0.3) is 0 Å². The third-order valence-electron chi connectivity index (χ3n) is 7.90. The molecule has 2 aliphatic heterocycles. The number of nitrogens with zero attached hydrogens (tertiary/aromatic N) is 4. The number of carbonyl (C=O) groups is 2. The molecule has 0 aromatic heterocycles. The second-order valence-corrected chi connectivity index (χ2v) is 10.6. The van der Waals surface area contributed by atoms with Crippen molar-refractivity contribution in [3.05, 3.63) is 35.2 Å². The van der Waals surface area contributed by atoms with Crippen LogP contribution >= 0.6 is 0 Å². The minimum atomic E-state index is -4.55. The first-order valence-corrected chi connectivity index (χ1v) is 12.7. The van der Waals surface area contributed by atoms with E-state index in [2.05, 4.69) is 36.1 Å². The molecule has 0 spiro atoms. The summed E-state index contributed by atoms with van der Waals surface area (Å²) in [6.07, 6.45) is 2.63. The van der Waals surface area contributed by atoms with Crippen LogP contribution in [-0.2, 0) is 9.59 Å². The lowest BCUT2D eigenvalue weighted by molar-refractivity contribution is -0.613. The number of carbonyl (C=O) groups excluding carboxylic acids is 2. The van der Waals surface area contributed by atoms with E-state index in [4.69, 9.17) is 0 Å². The van der Waals surface area contributed by atoms with E-state index in [-0.39, 0.29) is 35.3 Å². The number of rotatable bonds is 6. The second kappa shape index (κ2) is 10.6. The van der Waals surface area contributed by atoms with E-state index >= 15 is 0 Å². The highest BCUT2D eigenvalue weighted by atomic mass is 19.4. The summed E-state index contributed by atoms with van der Waals surface area (Å²) >= 11 is 0. The van der Waals surface area contributed by atoms with Gasteiger partial charge in [-0.1, -0.05) is 12.2 Å². The monoisotopic (exact) mass is 525 g/mol. The summed E-state index contributed by atoms with van der Waals surface area (Å²) < 4.78 is 40.0. The van der Waals surface area contributed by atoms with Crippen LogP contribution in [0.5, 0.6) is 0 Å². The van der Waals surface area contributed by atoms with Gasteiger partial charge in [-0.3, -0.25) is 15.3 Å². The summed E-state index contributed by atoms with van der Waals surface area (Å²) in [5.74, 6) is -0.0409. The fourth-order valence-corrected chi connectivity index (χ4v) is 5.75. The zero-order valence-electron chi connectivity index (χ0n) is 21.6. The maximum absolute atomic E-state index is 13.5. The van der Waals surface area contributed by atoms with E-state index in [1.165, 1.54) is 13.0 Å². The summed E-state index contributed by atoms with van der Waals surface area (Å²) in [5, 5.41) is 15.6. The number of amides is 2. The number of nitrogens with two attached hydrogens (primary N) is 1. The number of halogens is 3. The van der Waals surface area contributed by atoms with Gasteiger partial charge in [-0.15, -0.1) is 0 Å². The topological polar surface area (TPSA) is 105 Å². The van der Waals surface area contributed by atoms with E-state index in [9.17, 15) is 28.0 Å². The van der Waals surface area contributed by atoms with Crippen LogP contribution in [0.2, 0.25) is 0 Å². The van der Waals surface area contributed by atoms with Crippen LogP contribution in [-0.4, -0.2) is 94.2 Å². The molecule has 4 aliphatic rings. The minimum absolute atomic E-state index is 0.0233. The Hall–Kier alpha value is -2.70. The predicted molar refractivity (Wildman–Crippen MR) is 130 cm³/mol. The molecule has 5 unspecified atom stereocenters. The molecular formula is C25H36F3N6O3+. The van der Waals surface area contributed by atoms with Gasteiger partial charge in [-0.2, -0.15) is 13.2 Å². The molecule has 0 radical (unpaired) electrons. The first kappa shape index (κ1) is 27.3. The van der Waals surface area contributed by atoms with Gasteiger partial charge in [-0.25, -0.2) is 14.9 Å². The molecule has 0 aromatic carbocycles. The third-order valence-corrected chi connectivity index (χ3v) is 7.90. The van der Waals surface area contributed by atoms with Gasteiger partial charge in [0.1, 0.15) is 30.3 Å². The quantitative estimate of drug-likeness (QED) is 0.483. The number of hydrogen-bond donors (Lipinski definition) is 3. The highest BCUT2D eigenvalue weighted by Crippen LogP contribution is 2.35. The van der Waals surface area contributed by atoms with Gasteiger partial charge in [0, 0.05) is 30.6 Å². The number of nitrogens with one attached hydrogen (secondary N) is 1. The van der Waals surface area contributed by atoms with Crippen LogP contribution in [0, 0.1) is 0 Å². The average Bonchev–Trinajstić information content (AvgIpc) is 3.18. The lowest BCUT2D eigenvalue weighted by Gasteiger charge is -2.42. The van der Waals surface area contributed by atoms with Crippen molar-refractivity contribution in [1.29, 1.82) is 0 Å². The van der Waals surface area contributed by atoms with E-state index in [0.717, 1.165) is 42.8 Å². The van der Waals surface area contributed by atoms with Gasteiger partial charge in [0.15, 0.2) is 0 Å². The molecular weight excluding hydrogens is 489 g/mol. The third kappa shape index (κ3) is 5.75. The molecule has 4 rings (SSSR count). The Bertz CT molecular complexity index is 1040. The Morgan fingerprint density at radius 3 is 2.68 bits per heavy atom. The van der Waals surface area contributed by atoms with Crippen LogP contribution in [0.25, 0.3) is 0 Å². The van der Waals surface area contributed by atoms with Crippen LogP contribution < -0.4 is 10.6 Å². The molecule has 12 heteroatoms. The summed E-state index contributed by atoms with van der Waals surface area (Å²) in [4.78, 5) is 33.7. The van der Waals surface area contributed by atoms with Crippen molar-refractivity contribution in [3.8, 4) is 0 Å². The molecule has 4 N–H and O–H groups in total. The summed E-state index contributed by atoms with van der Waals surface area (Å²) in [6, 6.07) is -0.980. The molecule has 0 aromatic rings. The maximum atomic E-state index is 13.5. The number of likely N-dealkylation sites (tertiary alicyclic amines) is 1. The first-order valence-electron chi connectivity index (χ1n) is 12.7. The van der Waals surface area contributed by atoms with Gasteiger partial charge in [0.2, 0.25) is 5.91 Å². The first-order chi connectivity index (χ1) is 17.4. The van der Waals surface area contributed by atoms with Gasteiger partial charge in [0.05, 0.1) is 18.5 Å². The number of primary amides is 1. The van der Waals surface area contributed by atoms with Crippen molar-refractivity contribution < 1.29 is 33.3 Å². The molecule has 2 aliphatic carbocycles. The second-order valence-electron chi connectivity index (χ2n) is 10.6. The van der Waals surface area contributed by atoms with Crippen LogP contribution in [0.15, 0.2) is 40.2 Å². The van der Waals surface area contributed by atoms with Crippen molar-refractivity contribution in [2.45, 2.75) is 88.9 Å². The van der Waals surface area contributed by atoms with E-state index in [1.807, 2.05) is 4.90 Å². The van der Waals surface area contributed by atoms with E-state index in [0.29, 0.717) is 25.0 Å². The largest absolute Gasteiger partial charge is 0.416 e. The number of hydroxylamine groups is 2. The van der Waals surface area contributed by atoms with Crippen LogP contribution in [0.3, 0.4) is 0 Å². The van der Waals surface area contributed by atoms with Gasteiger partial charge in [-0.05, 0) is 46.2 Å². The molecule has 204 valence electrons. The fourth-order valence-electron chi connectivity index (χ4n) is 5.75. The van der Waals surface area contributed by atoms with Gasteiger partial charge < -0.3 is 15.1 Å². The predicted octanol–water partition coefficient (Wildman–Crippen LogP) is 1.29. The molecule has 0 bridgehead atoms. The van der Waals surface area contributed by atoms with E-state index < -0.39 is 23.8 Å². The normalized spacial score (nSPS) is 30.4. The summed E-state index contributed by atoms with van der Waals surface area (Å²) in [6.45, 7) is 6.28.